The van der Waals surface area contributed by atoms with Crippen molar-refractivity contribution < 1.29 is 4.79 Å². The van der Waals surface area contributed by atoms with Gasteiger partial charge in [0.05, 0.1) is 0 Å². The molecule has 1 aliphatic carbocycles. The number of amides is 2. The van der Waals surface area contributed by atoms with Gasteiger partial charge in [0.1, 0.15) is 0 Å². The lowest BCUT2D eigenvalue weighted by molar-refractivity contribution is 0.259. The van der Waals surface area contributed by atoms with Gasteiger partial charge in [0, 0.05) is 17.4 Å². The van der Waals surface area contributed by atoms with Gasteiger partial charge in [-0.15, -0.1) is 0 Å². The molecular weight excluding hydrogens is 274 g/mol. The second kappa shape index (κ2) is 6.10. The lowest BCUT2D eigenvalue weighted by Crippen LogP contribution is -2.34. The molecule has 22 heavy (non-hydrogen) atoms. The molecule has 1 aliphatic rings. The van der Waals surface area contributed by atoms with E-state index < -0.39 is 6.03 Å². The highest BCUT2D eigenvalue weighted by Crippen LogP contribution is 2.39. The molecule has 1 saturated carbocycles. The molecule has 0 heterocycles. The monoisotopic (exact) mass is 295 g/mol. The summed E-state index contributed by atoms with van der Waals surface area (Å²) in [4.78, 5) is 10.9. The summed E-state index contributed by atoms with van der Waals surface area (Å²) in [6.45, 7) is 2.18. The number of nitrogens with two attached hydrogens (primary N) is 1. The molecule has 4 N–H and O–H groups in total. The van der Waals surface area contributed by atoms with Crippen molar-refractivity contribution >= 4 is 17.4 Å². The van der Waals surface area contributed by atoms with Gasteiger partial charge < -0.3 is 16.4 Å². The van der Waals surface area contributed by atoms with Crippen LogP contribution in [-0.4, -0.2) is 12.1 Å². The molecule has 4 heteroatoms. The zero-order valence-electron chi connectivity index (χ0n) is 12.7. The summed E-state index contributed by atoms with van der Waals surface area (Å²) in [6.07, 6.45) is 2.27. The van der Waals surface area contributed by atoms with Crippen molar-refractivity contribution in [2.75, 3.05) is 10.6 Å². The zero-order valence-corrected chi connectivity index (χ0v) is 12.7. The Bertz CT molecular complexity index is 678. The number of urea groups is 1. The highest BCUT2D eigenvalue weighted by molar-refractivity contribution is 5.88. The maximum atomic E-state index is 10.9. The molecule has 0 unspecified atom stereocenters. The normalized spacial score (nSPS) is 20.0. The van der Waals surface area contributed by atoms with Crippen LogP contribution in [0.25, 0.3) is 0 Å². The lowest BCUT2D eigenvalue weighted by atomic mass is 9.74. The molecule has 2 amide bonds. The molecule has 3 rings (SSSR count). The highest BCUT2D eigenvalue weighted by Gasteiger charge is 2.30. The minimum Gasteiger partial charge on any atom is -0.382 e. The van der Waals surface area contributed by atoms with Crippen molar-refractivity contribution in [1.29, 1.82) is 0 Å². The summed E-state index contributed by atoms with van der Waals surface area (Å²) in [5.41, 5.74) is 9.70. The summed E-state index contributed by atoms with van der Waals surface area (Å²) >= 11 is 0. The molecular formula is C18H21N3O. The summed E-state index contributed by atoms with van der Waals surface area (Å²) in [7, 11) is 0. The van der Waals surface area contributed by atoms with Crippen LogP contribution >= 0.6 is 0 Å². The quantitative estimate of drug-likeness (QED) is 0.802. The van der Waals surface area contributed by atoms with E-state index in [-0.39, 0.29) is 0 Å². The SMILES string of the molecule is Cc1ccccc1C1CC(Nc2cccc(NC(N)=O)c2)C1. The minimum atomic E-state index is -0.541. The largest absolute Gasteiger partial charge is 0.382 e. The summed E-state index contributed by atoms with van der Waals surface area (Å²) in [5.74, 6) is 0.644. The smallest absolute Gasteiger partial charge is 0.316 e. The number of nitrogens with one attached hydrogen (secondary N) is 2. The topological polar surface area (TPSA) is 67.2 Å². The molecule has 1 fully saturated rings. The van der Waals surface area contributed by atoms with Crippen LogP contribution in [0.2, 0.25) is 0 Å². The molecule has 2 aromatic carbocycles. The number of hydrogen-bond donors (Lipinski definition) is 3. The number of carbonyl (C=O) groups excluding carboxylic acids is 1. The fourth-order valence-electron chi connectivity index (χ4n) is 3.10. The van der Waals surface area contributed by atoms with E-state index in [1.54, 1.807) is 0 Å². The number of aryl methyl sites for hydroxylation is 1. The van der Waals surface area contributed by atoms with Crippen molar-refractivity contribution in [3.63, 3.8) is 0 Å². The molecule has 114 valence electrons. The van der Waals surface area contributed by atoms with E-state index >= 15 is 0 Å². The Balaban J connectivity index is 1.58. The standard InChI is InChI=1S/C18H21N3O/c1-12-5-2-3-8-17(12)13-9-16(10-13)20-14-6-4-7-15(11-14)21-18(19)22/h2-8,11,13,16,20H,9-10H2,1H3,(H3,19,21,22). The fraction of sp³-hybridized carbons (Fsp3) is 0.278. The van der Waals surface area contributed by atoms with Crippen molar-refractivity contribution in [1.82, 2.24) is 0 Å². The van der Waals surface area contributed by atoms with Crippen LogP contribution in [0.5, 0.6) is 0 Å². The van der Waals surface area contributed by atoms with E-state index in [9.17, 15) is 4.79 Å². The third-order valence-electron chi connectivity index (χ3n) is 4.27. The molecule has 0 bridgehead atoms. The number of rotatable bonds is 4. The van der Waals surface area contributed by atoms with E-state index in [1.807, 2.05) is 24.3 Å². The third-order valence-corrected chi connectivity index (χ3v) is 4.27. The van der Waals surface area contributed by atoms with Crippen LogP contribution in [0.3, 0.4) is 0 Å². The van der Waals surface area contributed by atoms with Gasteiger partial charge in [-0.3, -0.25) is 0 Å². The van der Waals surface area contributed by atoms with E-state index in [0.29, 0.717) is 17.6 Å². The molecule has 0 spiro atoms. The number of hydrogen-bond acceptors (Lipinski definition) is 2. The van der Waals surface area contributed by atoms with Crippen molar-refractivity contribution in [2.45, 2.75) is 31.7 Å². The Morgan fingerprint density at radius 2 is 1.82 bits per heavy atom. The van der Waals surface area contributed by atoms with Crippen LogP contribution < -0.4 is 16.4 Å². The Morgan fingerprint density at radius 1 is 1.09 bits per heavy atom. The van der Waals surface area contributed by atoms with Crippen molar-refractivity contribution in [3.8, 4) is 0 Å². The van der Waals surface area contributed by atoms with Gasteiger partial charge in [-0.25, -0.2) is 4.79 Å². The molecule has 0 aromatic heterocycles. The first kappa shape index (κ1) is 14.4. The van der Waals surface area contributed by atoms with Crippen molar-refractivity contribution in [2.24, 2.45) is 5.73 Å². The minimum absolute atomic E-state index is 0.480. The number of benzene rings is 2. The molecule has 4 nitrogen and oxygen atoms in total. The average molecular weight is 295 g/mol. The number of primary amides is 1. The van der Waals surface area contributed by atoms with Gasteiger partial charge in [-0.05, 0) is 55.0 Å². The molecule has 0 aliphatic heterocycles. The van der Waals surface area contributed by atoms with Gasteiger partial charge >= 0.3 is 6.03 Å². The first-order chi connectivity index (χ1) is 10.6. The summed E-state index contributed by atoms with van der Waals surface area (Å²) in [6, 6.07) is 16.2. The van der Waals surface area contributed by atoms with E-state index in [2.05, 4.69) is 41.8 Å². The second-order valence-electron chi connectivity index (χ2n) is 5.94. The predicted molar refractivity (Wildman–Crippen MR) is 90.2 cm³/mol. The molecule has 2 aromatic rings. The van der Waals surface area contributed by atoms with E-state index in [0.717, 1.165) is 18.5 Å². The molecule has 0 saturated heterocycles. The molecule has 0 atom stereocenters. The first-order valence-electron chi connectivity index (χ1n) is 7.60. The van der Waals surface area contributed by atoms with E-state index in [1.165, 1.54) is 11.1 Å². The summed E-state index contributed by atoms with van der Waals surface area (Å²) in [5, 5.41) is 6.11. The Labute approximate surface area is 130 Å². The zero-order chi connectivity index (χ0) is 15.5. The van der Waals surface area contributed by atoms with Gasteiger partial charge in [-0.2, -0.15) is 0 Å². The summed E-state index contributed by atoms with van der Waals surface area (Å²) < 4.78 is 0. The number of anilines is 2. The van der Waals surface area contributed by atoms with Gasteiger partial charge in [0.15, 0.2) is 0 Å². The lowest BCUT2D eigenvalue weighted by Gasteiger charge is -2.37. The average Bonchev–Trinajstić information content (AvgIpc) is 2.43. The van der Waals surface area contributed by atoms with Gasteiger partial charge in [-0.1, -0.05) is 30.3 Å². The van der Waals surface area contributed by atoms with Gasteiger partial charge in [0.2, 0.25) is 0 Å². The maximum absolute atomic E-state index is 10.9. The maximum Gasteiger partial charge on any atom is 0.316 e. The third kappa shape index (κ3) is 3.22. The van der Waals surface area contributed by atoms with Crippen LogP contribution in [0.4, 0.5) is 16.2 Å². The van der Waals surface area contributed by atoms with Gasteiger partial charge in [0.25, 0.3) is 0 Å². The Hall–Kier alpha value is -2.49. The van der Waals surface area contributed by atoms with Crippen molar-refractivity contribution in [3.05, 3.63) is 59.7 Å². The van der Waals surface area contributed by atoms with Crippen LogP contribution in [-0.2, 0) is 0 Å². The van der Waals surface area contributed by atoms with E-state index in [4.69, 9.17) is 5.73 Å². The number of carbonyl (C=O) groups is 1. The Kier molecular flexibility index (Phi) is 4.00. The first-order valence-corrected chi connectivity index (χ1v) is 7.60. The van der Waals surface area contributed by atoms with Crippen LogP contribution in [0.1, 0.15) is 29.9 Å². The Morgan fingerprint density at radius 3 is 2.55 bits per heavy atom. The fourth-order valence-corrected chi connectivity index (χ4v) is 3.10. The second-order valence-corrected chi connectivity index (χ2v) is 5.94. The predicted octanol–water partition coefficient (Wildman–Crippen LogP) is 3.84. The highest BCUT2D eigenvalue weighted by atomic mass is 16.2. The van der Waals surface area contributed by atoms with Crippen LogP contribution in [0.15, 0.2) is 48.5 Å². The molecule has 0 radical (unpaired) electrons. The van der Waals surface area contributed by atoms with Crippen LogP contribution in [0, 0.1) is 6.92 Å².